The smallest absolute Gasteiger partial charge is 0.113 e. The van der Waals surface area contributed by atoms with Gasteiger partial charge in [-0.3, -0.25) is 0 Å². The average molecular weight is 209 g/mol. The van der Waals surface area contributed by atoms with Crippen LogP contribution < -0.4 is 0 Å². The second-order valence-corrected chi connectivity index (χ2v) is 3.42. The Labute approximate surface area is 87.1 Å². The maximum absolute atomic E-state index is 8.34. The van der Waals surface area contributed by atoms with Gasteiger partial charge in [-0.1, -0.05) is 11.0 Å². The van der Waals surface area contributed by atoms with Crippen molar-refractivity contribution in [3.8, 4) is 12.3 Å². The Morgan fingerprint density at radius 1 is 1.47 bits per heavy atom. The summed E-state index contributed by atoms with van der Waals surface area (Å²) in [4.78, 5) is 2.76. The van der Waals surface area contributed by atoms with Crippen molar-refractivity contribution >= 4 is 0 Å². The van der Waals surface area contributed by atoms with Gasteiger partial charge in [-0.2, -0.15) is 0 Å². The molecule has 4 atom stereocenters. The van der Waals surface area contributed by atoms with Gasteiger partial charge in [0.25, 0.3) is 0 Å². The van der Waals surface area contributed by atoms with Crippen molar-refractivity contribution in [1.29, 1.82) is 0 Å². The molecule has 80 valence electrons. The van der Waals surface area contributed by atoms with Crippen molar-refractivity contribution in [3.05, 3.63) is 10.4 Å². The van der Waals surface area contributed by atoms with Crippen molar-refractivity contribution < 1.29 is 14.2 Å². The minimum atomic E-state index is -0.251. The molecule has 2 aliphatic rings. The van der Waals surface area contributed by atoms with Crippen LogP contribution in [0, 0.1) is 12.3 Å². The van der Waals surface area contributed by atoms with E-state index in [4.69, 9.17) is 26.2 Å². The van der Waals surface area contributed by atoms with Crippen LogP contribution in [-0.4, -0.2) is 44.2 Å². The first-order valence-electron chi connectivity index (χ1n) is 4.69. The molecule has 2 rings (SSSR count). The van der Waals surface area contributed by atoms with Crippen LogP contribution in [0.5, 0.6) is 0 Å². The summed E-state index contributed by atoms with van der Waals surface area (Å²) in [6, 6.07) is -0.251. The molecule has 0 aromatic rings. The molecule has 0 N–H and O–H groups in total. The molecular weight excluding hydrogens is 198 g/mol. The van der Waals surface area contributed by atoms with Crippen LogP contribution in [0.4, 0.5) is 0 Å². The minimum absolute atomic E-state index is 0.148. The van der Waals surface area contributed by atoms with E-state index < -0.39 is 0 Å². The lowest BCUT2D eigenvalue weighted by molar-refractivity contribution is -0.0192. The molecule has 0 aromatic heterocycles. The number of rotatable bonds is 3. The fourth-order valence-corrected chi connectivity index (χ4v) is 1.91. The molecule has 6 nitrogen and oxygen atoms in total. The Morgan fingerprint density at radius 2 is 2.27 bits per heavy atom. The summed E-state index contributed by atoms with van der Waals surface area (Å²) in [5.41, 5.74) is 8.34. The van der Waals surface area contributed by atoms with E-state index in [0.717, 1.165) is 0 Å². The van der Waals surface area contributed by atoms with E-state index in [2.05, 4.69) is 15.9 Å². The summed E-state index contributed by atoms with van der Waals surface area (Å²) in [5, 5.41) is 3.62. The molecule has 0 aliphatic carbocycles. The van der Waals surface area contributed by atoms with Crippen LogP contribution in [0.1, 0.15) is 0 Å². The topological polar surface area (TPSA) is 76.5 Å². The number of ether oxygens (including phenoxy) is 3. The summed E-state index contributed by atoms with van der Waals surface area (Å²) in [6.07, 6.45) is 4.60. The standard InChI is InChI=1S/C9H11N3O3/c1-2-3-13-7-5-15-8-6(11-12-10)4-14-9(7)8/h1,6-9H,3-5H2/t6-,7-,8+,9-/m1/s1. The second kappa shape index (κ2) is 4.51. The van der Waals surface area contributed by atoms with Gasteiger partial charge < -0.3 is 14.2 Å². The van der Waals surface area contributed by atoms with Gasteiger partial charge in [0.1, 0.15) is 18.8 Å². The van der Waals surface area contributed by atoms with Crippen LogP contribution >= 0.6 is 0 Å². The molecule has 0 spiro atoms. The second-order valence-electron chi connectivity index (χ2n) is 3.42. The van der Waals surface area contributed by atoms with Crippen LogP contribution in [-0.2, 0) is 14.2 Å². The first kappa shape index (κ1) is 10.3. The van der Waals surface area contributed by atoms with E-state index in [0.29, 0.717) is 13.2 Å². The summed E-state index contributed by atoms with van der Waals surface area (Å²) in [6.45, 7) is 1.07. The summed E-state index contributed by atoms with van der Waals surface area (Å²) in [7, 11) is 0. The Bertz CT molecular complexity index is 321. The molecule has 0 amide bonds. The number of terminal acetylenes is 1. The number of fused-ring (bicyclic) bond motifs is 1. The fourth-order valence-electron chi connectivity index (χ4n) is 1.91. The Morgan fingerprint density at radius 3 is 3.00 bits per heavy atom. The highest BCUT2D eigenvalue weighted by atomic mass is 16.6. The largest absolute Gasteiger partial charge is 0.372 e. The molecule has 2 heterocycles. The zero-order chi connectivity index (χ0) is 10.7. The number of hydrogen-bond donors (Lipinski definition) is 0. The molecule has 15 heavy (non-hydrogen) atoms. The predicted molar refractivity (Wildman–Crippen MR) is 51.0 cm³/mol. The monoisotopic (exact) mass is 209 g/mol. The van der Waals surface area contributed by atoms with Gasteiger partial charge in [-0.05, 0) is 5.53 Å². The SMILES string of the molecule is C#CCO[C@@H]1CO[C@@H]2[C@@H]1OC[C@H]2N=[N+]=[N-]. The van der Waals surface area contributed by atoms with E-state index in [-0.39, 0.29) is 31.0 Å². The van der Waals surface area contributed by atoms with E-state index in [1.54, 1.807) is 0 Å². The van der Waals surface area contributed by atoms with Crippen LogP contribution in [0.15, 0.2) is 5.11 Å². The van der Waals surface area contributed by atoms with Gasteiger partial charge in [0.15, 0.2) is 0 Å². The molecule has 6 heteroatoms. The van der Waals surface area contributed by atoms with E-state index in [1.165, 1.54) is 0 Å². The number of azide groups is 1. The molecule has 0 aromatic carbocycles. The van der Waals surface area contributed by atoms with Gasteiger partial charge in [-0.15, -0.1) is 6.42 Å². The van der Waals surface area contributed by atoms with Gasteiger partial charge in [-0.25, -0.2) is 0 Å². The van der Waals surface area contributed by atoms with Crippen molar-refractivity contribution in [1.82, 2.24) is 0 Å². The molecule has 2 fully saturated rings. The van der Waals surface area contributed by atoms with Gasteiger partial charge in [0.2, 0.25) is 0 Å². The summed E-state index contributed by atoms with van der Waals surface area (Å²) < 4.78 is 16.3. The third-order valence-electron chi connectivity index (χ3n) is 2.56. The maximum Gasteiger partial charge on any atom is 0.113 e. The zero-order valence-electron chi connectivity index (χ0n) is 8.07. The van der Waals surface area contributed by atoms with Crippen molar-refractivity contribution in [2.45, 2.75) is 24.4 Å². The number of hydrogen-bond acceptors (Lipinski definition) is 4. The van der Waals surface area contributed by atoms with E-state index in [9.17, 15) is 0 Å². The van der Waals surface area contributed by atoms with Gasteiger partial charge in [0.05, 0.1) is 25.4 Å². The molecule has 0 bridgehead atoms. The normalized spacial score (nSPS) is 38.1. The van der Waals surface area contributed by atoms with Crippen LogP contribution in [0.3, 0.4) is 0 Å². The first-order chi connectivity index (χ1) is 7.36. The fraction of sp³-hybridized carbons (Fsp3) is 0.778. The molecule has 0 radical (unpaired) electrons. The Kier molecular flexibility index (Phi) is 3.09. The summed E-state index contributed by atoms with van der Waals surface area (Å²) in [5.74, 6) is 2.40. The quantitative estimate of drug-likeness (QED) is 0.293. The maximum atomic E-state index is 8.34. The molecule has 2 aliphatic heterocycles. The highest BCUT2D eigenvalue weighted by Gasteiger charge is 2.47. The van der Waals surface area contributed by atoms with Crippen molar-refractivity contribution in [2.75, 3.05) is 19.8 Å². The Balaban J connectivity index is 1.96. The predicted octanol–water partition coefficient (Wildman–Crippen LogP) is 0.481. The van der Waals surface area contributed by atoms with Gasteiger partial charge >= 0.3 is 0 Å². The van der Waals surface area contributed by atoms with Crippen molar-refractivity contribution in [2.24, 2.45) is 5.11 Å². The van der Waals surface area contributed by atoms with Crippen LogP contribution in [0.2, 0.25) is 0 Å². The lowest BCUT2D eigenvalue weighted by atomic mass is 10.1. The minimum Gasteiger partial charge on any atom is -0.372 e. The van der Waals surface area contributed by atoms with Crippen molar-refractivity contribution in [3.63, 3.8) is 0 Å². The molecular formula is C9H11N3O3. The first-order valence-corrected chi connectivity index (χ1v) is 4.69. The lowest BCUT2D eigenvalue weighted by Crippen LogP contribution is -2.32. The number of nitrogens with zero attached hydrogens (tertiary/aromatic N) is 3. The molecule has 2 saturated heterocycles. The summed E-state index contributed by atoms with van der Waals surface area (Å²) >= 11 is 0. The van der Waals surface area contributed by atoms with Crippen LogP contribution in [0.25, 0.3) is 10.4 Å². The lowest BCUT2D eigenvalue weighted by Gasteiger charge is -2.14. The van der Waals surface area contributed by atoms with E-state index >= 15 is 0 Å². The van der Waals surface area contributed by atoms with E-state index in [1.807, 2.05) is 0 Å². The third-order valence-corrected chi connectivity index (χ3v) is 2.56. The highest BCUT2D eigenvalue weighted by Crippen LogP contribution is 2.30. The van der Waals surface area contributed by atoms with Gasteiger partial charge in [0, 0.05) is 4.91 Å². The molecule has 0 unspecified atom stereocenters. The third kappa shape index (κ3) is 1.91. The highest BCUT2D eigenvalue weighted by molar-refractivity contribution is 4.99. The Hall–Kier alpha value is -1.25. The average Bonchev–Trinajstić information content (AvgIpc) is 2.79. The molecule has 0 saturated carbocycles. The zero-order valence-corrected chi connectivity index (χ0v) is 8.07.